The van der Waals surface area contributed by atoms with Gasteiger partial charge in [-0.3, -0.25) is 0 Å². The molecule has 2 N–H and O–H groups in total. The van der Waals surface area contributed by atoms with Gasteiger partial charge in [0.2, 0.25) is 10.0 Å². The molecule has 0 unspecified atom stereocenters. The number of hydrogen-bond acceptors (Lipinski definition) is 5. The van der Waals surface area contributed by atoms with Crippen molar-refractivity contribution in [2.24, 2.45) is 0 Å². The lowest BCUT2D eigenvalue weighted by atomic mass is 10.3. The van der Waals surface area contributed by atoms with E-state index in [0.717, 1.165) is 16.4 Å². The fourth-order valence-electron chi connectivity index (χ4n) is 1.84. The van der Waals surface area contributed by atoms with Gasteiger partial charge >= 0.3 is 0 Å². The molecule has 114 valence electrons. The first kappa shape index (κ1) is 15.3. The molecule has 0 saturated carbocycles. The lowest BCUT2D eigenvalue weighted by molar-refractivity contribution is 0.387. The van der Waals surface area contributed by atoms with Crippen LogP contribution in [0.2, 0.25) is 0 Å². The standard InChI is InChI=1S/C13H15FN2O4S/c1-16(8-9-4-3-5-20-9)21(17,18)10-6-11(14)13(19-2)12(15)7-10/h3-7H,8,15H2,1-2H3. The van der Waals surface area contributed by atoms with Gasteiger partial charge in [-0.2, -0.15) is 4.31 Å². The Labute approximate surface area is 122 Å². The number of sulfonamides is 1. The zero-order chi connectivity index (χ0) is 15.6. The Balaban J connectivity index is 2.35. The van der Waals surface area contributed by atoms with E-state index in [1.54, 1.807) is 12.1 Å². The summed E-state index contributed by atoms with van der Waals surface area (Å²) in [4.78, 5) is -0.243. The molecule has 0 saturated heterocycles. The summed E-state index contributed by atoms with van der Waals surface area (Å²) in [6, 6.07) is 5.34. The van der Waals surface area contributed by atoms with Gasteiger partial charge in [-0.1, -0.05) is 0 Å². The molecule has 0 amide bonds. The van der Waals surface area contributed by atoms with Crippen molar-refractivity contribution in [3.8, 4) is 5.75 Å². The molecule has 8 heteroatoms. The molecule has 0 spiro atoms. The Morgan fingerprint density at radius 1 is 1.43 bits per heavy atom. The average Bonchev–Trinajstić information content (AvgIpc) is 2.91. The van der Waals surface area contributed by atoms with Crippen LogP contribution in [0.5, 0.6) is 5.75 Å². The van der Waals surface area contributed by atoms with Crippen molar-refractivity contribution in [2.75, 3.05) is 19.9 Å². The van der Waals surface area contributed by atoms with E-state index < -0.39 is 15.8 Å². The number of furan rings is 1. The Morgan fingerprint density at radius 3 is 2.67 bits per heavy atom. The Kier molecular flexibility index (Phi) is 4.19. The van der Waals surface area contributed by atoms with Crippen LogP contribution in [0.4, 0.5) is 10.1 Å². The molecular formula is C13H15FN2O4S. The topological polar surface area (TPSA) is 85.8 Å². The zero-order valence-corrected chi connectivity index (χ0v) is 12.4. The van der Waals surface area contributed by atoms with Crippen LogP contribution in [0.25, 0.3) is 0 Å². The molecule has 2 aromatic rings. The highest BCUT2D eigenvalue weighted by atomic mass is 32.2. The molecule has 21 heavy (non-hydrogen) atoms. The molecule has 0 aliphatic heterocycles. The monoisotopic (exact) mass is 314 g/mol. The van der Waals surface area contributed by atoms with Crippen molar-refractivity contribution in [1.29, 1.82) is 0 Å². The molecule has 1 heterocycles. The molecule has 0 aliphatic rings. The summed E-state index contributed by atoms with van der Waals surface area (Å²) < 4.78 is 49.5. The summed E-state index contributed by atoms with van der Waals surface area (Å²) in [5, 5.41) is 0. The SMILES string of the molecule is COc1c(N)cc(S(=O)(=O)N(C)Cc2ccco2)cc1F. The average molecular weight is 314 g/mol. The van der Waals surface area contributed by atoms with Crippen LogP contribution in [0.15, 0.2) is 39.8 Å². The summed E-state index contributed by atoms with van der Waals surface area (Å²) in [6.45, 7) is 0.0306. The van der Waals surface area contributed by atoms with E-state index in [1.807, 2.05) is 0 Å². The molecule has 0 fully saturated rings. The third kappa shape index (κ3) is 3.01. The molecule has 1 aromatic heterocycles. The minimum absolute atomic E-state index is 0.0306. The van der Waals surface area contributed by atoms with Gasteiger partial charge in [0.15, 0.2) is 11.6 Å². The highest BCUT2D eigenvalue weighted by Crippen LogP contribution is 2.29. The molecule has 0 bridgehead atoms. The second kappa shape index (κ2) is 5.74. The fourth-order valence-corrected chi connectivity index (χ4v) is 3.03. The normalized spacial score (nSPS) is 11.8. The maximum atomic E-state index is 13.8. The third-order valence-corrected chi connectivity index (χ3v) is 4.70. The van der Waals surface area contributed by atoms with Crippen LogP contribution in [-0.4, -0.2) is 26.9 Å². The number of rotatable bonds is 5. The number of anilines is 1. The van der Waals surface area contributed by atoms with Crippen molar-refractivity contribution in [1.82, 2.24) is 4.31 Å². The molecule has 6 nitrogen and oxygen atoms in total. The Bertz CT molecular complexity index is 706. The number of benzene rings is 1. The number of halogens is 1. The van der Waals surface area contributed by atoms with E-state index in [4.69, 9.17) is 14.9 Å². The quantitative estimate of drug-likeness (QED) is 0.851. The Morgan fingerprint density at radius 2 is 2.14 bits per heavy atom. The van der Waals surface area contributed by atoms with E-state index in [0.29, 0.717) is 5.76 Å². The van der Waals surface area contributed by atoms with Gasteiger partial charge in [-0.15, -0.1) is 0 Å². The molecule has 0 atom stereocenters. The summed E-state index contributed by atoms with van der Waals surface area (Å²) in [5.41, 5.74) is 5.52. The van der Waals surface area contributed by atoms with Gasteiger partial charge in [-0.05, 0) is 24.3 Å². The van der Waals surface area contributed by atoms with Gasteiger partial charge in [0.1, 0.15) is 5.76 Å². The van der Waals surface area contributed by atoms with E-state index in [2.05, 4.69) is 0 Å². The number of nitrogens with zero attached hydrogens (tertiary/aromatic N) is 1. The van der Waals surface area contributed by atoms with Crippen molar-refractivity contribution in [3.63, 3.8) is 0 Å². The number of methoxy groups -OCH3 is 1. The number of nitrogens with two attached hydrogens (primary N) is 1. The minimum atomic E-state index is -3.89. The lowest BCUT2D eigenvalue weighted by Gasteiger charge is -2.17. The van der Waals surface area contributed by atoms with E-state index in [9.17, 15) is 12.8 Å². The van der Waals surface area contributed by atoms with Gasteiger partial charge in [-0.25, -0.2) is 12.8 Å². The van der Waals surface area contributed by atoms with Crippen LogP contribution in [0.1, 0.15) is 5.76 Å². The second-order valence-corrected chi connectivity index (χ2v) is 6.41. The van der Waals surface area contributed by atoms with Gasteiger partial charge < -0.3 is 14.9 Å². The largest absolute Gasteiger partial charge is 0.492 e. The van der Waals surface area contributed by atoms with Crippen molar-refractivity contribution < 1.29 is 22.0 Å². The highest BCUT2D eigenvalue weighted by molar-refractivity contribution is 7.89. The fraction of sp³-hybridized carbons (Fsp3) is 0.231. The van der Waals surface area contributed by atoms with E-state index >= 15 is 0 Å². The van der Waals surface area contributed by atoms with Crippen LogP contribution in [-0.2, 0) is 16.6 Å². The highest BCUT2D eigenvalue weighted by Gasteiger charge is 2.24. The third-order valence-electron chi connectivity index (χ3n) is 2.92. The minimum Gasteiger partial charge on any atom is -0.492 e. The van der Waals surface area contributed by atoms with Crippen LogP contribution >= 0.6 is 0 Å². The van der Waals surface area contributed by atoms with Gasteiger partial charge in [0.05, 0.1) is 30.5 Å². The zero-order valence-electron chi connectivity index (χ0n) is 11.5. The predicted molar refractivity (Wildman–Crippen MR) is 74.7 cm³/mol. The first-order chi connectivity index (χ1) is 9.86. The molecular weight excluding hydrogens is 299 g/mol. The van der Waals surface area contributed by atoms with Crippen molar-refractivity contribution in [2.45, 2.75) is 11.4 Å². The predicted octanol–water partition coefficient (Wildman–Crippen LogP) is 1.83. The molecule has 0 aliphatic carbocycles. The Hall–Kier alpha value is -2.06. The maximum Gasteiger partial charge on any atom is 0.243 e. The number of nitrogen functional groups attached to an aromatic ring is 1. The second-order valence-electron chi connectivity index (χ2n) is 4.37. The smallest absolute Gasteiger partial charge is 0.243 e. The summed E-state index contributed by atoms with van der Waals surface area (Å²) in [6.07, 6.45) is 1.45. The van der Waals surface area contributed by atoms with Gasteiger partial charge in [0, 0.05) is 7.05 Å². The summed E-state index contributed by atoms with van der Waals surface area (Å²) in [5.74, 6) is -0.534. The van der Waals surface area contributed by atoms with E-state index in [-0.39, 0.29) is 22.9 Å². The molecule has 2 rings (SSSR count). The van der Waals surface area contributed by atoms with Crippen molar-refractivity contribution >= 4 is 15.7 Å². The van der Waals surface area contributed by atoms with Gasteiger partial charge in [0.25, 0.3) is 0 Å². The van der Waals surface area contributed by atoms with Crippen LogP contribution in [0, 0.1) is 5.82 Å². The van der Waals surface area contributed by atoms with E-state index in [1.165, 1.54) is 20.4 Å². The van der Waals surface area contributed by atoms with Crippen LogP contribution < -0.4 is 10.5 Å². The number of hydrogen-bond donors (Lipinski definition) is 1. The number of ether oxygens (including phenoxy) is 1. The molecule has 0 radical (unpaired) electrons. The first-order valence-corrected chi connectivity index (χ1v) is 7.42. The molecule has 1 aromatic carbocycles. The van der Waals surface area contributed by atoms with Crippen molar-refractivity contribution in [3.05, 3.63) is 42.1 Å². The lowest BCUT2D eigenvalue weighted by Crippen LogP contribution is -2.26. The first-order valence-electron chi connectivity index (χ1n) is 5.98. The maximum absolute atomic E-state index is 13.8. The summed E-state index contributed by atoms with van der Waals surface area (Å²) in [7, 11) is -1.26. The summed E-state index contributed by atoms with van der Waals surface area (Å²) >= 11 is 0. The van der Waals surface area contributed by atoms with Crippen LogP contribution in [0.3, 0.4) is 0 Å².